The van der Waals surface area contributed by atoms with Crippen molar-refractivity contribution in [2.45, 2.75) is 31.2 Å². The Morgan fingerprint density at radius 1 is 1.33 bits per heavy atom. The van der Waals surface area contributed by atoms with E-state index in [0.717, 1.165) is 12.8 Å². The molecule has 1 fully saturated rings. The zero-order chi connectivity index (χ0) is 21.3. The highest BCUT2D eigenvalue weighted by Crippen LogP contribution is 2.27. The Morgan fingerprint density at radius 2 is 2.10 bits per heavy atom. The van der Waals surface area contributed by atoms with E-state index in [0.29, 0.717) is 32.1 Å². The van der Waals surface area contributed by atoms with E-state index in [2.05, 4.69) is 30.7 Å². The molecule has 2 aromatic heterocycles. The summed E-state index contributed by atoms with van der Waals surface area (Å²) in [4.78, 5) is 26.6. The van der Waals surface area contributed by atoms with Crippen LogP contribution >= 0.6 is 11.6 Å². The Hall–Kier alpha value is -2.96. The number of carbonyl (C=O) groups is 1. The Kier molecular flexibility index (Phi) is 5.45. The number of carbonyl (C=O) groups excluding carboxylic acids is 1. The number of guanidine groups is 1. The van der Waals surface area contributed by atoms with Gasteiger partial charge in [-0.05, 0) is 18.9 Å². The smallest absolute Gasteiger partial charge is 0.280 e. The highest BCUT2D eigenvalue weighted by Gasteiger charge is 2.40. The third-order valence-corrected chi connectivity index (χ3v) is 5.64. The quantitative estimate of drug-likeness (QED) is 0.405. The molecule has 1 unspecified atom stereocenters. The van der Waals surface area contributed by atoms with Crippen molar-refractivity contribution < 1.29 is 9.90 Å². The number of anilines is 2. The maximum atomic E-state index is 12.5. The molecule has 0 radical (unpaired) electrons. The van der Waals surface area contributed by atoms with Gasteiger partial charge in [0.25, 0.3) is 5.91 Å². The average molecular weight is 435 g/mol. The van der Waals surface area contributed by atoms with E-state index in [1.807, 2.05) is 17.2 Å². The van der Waals surface area contributed by atoms with Crippen LogP contribution in [-0.4, -0.2) is 73.0 Å². The molecular formula is C17H23ClN10O2. The number of nitrogens with one attached hydrogen (secondary N) is 2. The zero-order valence-corrected chi connectivity index (χ0v) is 16.9. The molecule has 12 nitrogen and oxygen atoms in total. The lowest BCUT2D eigenvalue weighted by Crippen LogP contribution is -2.57. The van der Waals surface area contributed by atoms with Crippen LogP contribution in [0.5, 0.6) is 0 Å². The number of rotatable bonds is 4. The number of nitrogens with two attached hydrogens (primary N) is 2. The van der Waals surface area contributed by atoms with E-state index in [1.54, 1.807) is 10.9 Å². The third-order valence-electron chi connectivity index (χ3n) is 5.36. The van der Waals surface area contributed by atoms with Crippen LogP contribution in [0.1, 0.15) is 23.3 Å². The summed E-state index contributed by atoms with van der Waals surface area (Å²) in [7, 11) is 0. The van der Waals surface area contributed by atoms with Gasteiger partial charge in [-0.25, -0.2) is 9.97 Å². The number of likely N-dealkylation sites (tertiary alicyclic amines) is 1. The molecule has 7 N–H and O–H groups in total. The Balaban J connectivity index is 1.31. The molecule has 1 atom stereocenters. The number of amides is 1. The molecule has 0 saturated carbocycles. The van der Waals surface area contributed by atoms with E-state index in [1.165, 1.54) is 0 Å². The predicted molar refractivity (Wildman–Crippen MR) is 111 cm³/mol. The summed E-state index contributed by atoms with van der Waals surface area (Å²) in [6.45, 7) is 2.32. The van der Waals surface area contributed by atoms with E-state index in [-0.39, 0.29) is 28.0 Å². The van der Waals surface area contributed by atoms with Gasteiger partial charge in [-0.1, -0.05) is 11.6 Å². The summed E-state index contributed by atoms with van der Waals surface area (Å²) in [5.41, 5.74) is 10.9. The molecule has 1 spiro atoms. The summed E-state index contributed by atoms with van der Waals surface area (Å²) < 4.78 is 1.71. The van der Waals surface area contributed by atoms with Crippen LogP contribution in [0.15, 0.2) is 23.5 Å². The van der Waals surface area contributed by atoms with Gasteiger partial charge in [0.05, 0.1) is 18.6 Å². The number of nitrogens with zero attached hydrogens (tertiary/aromatic N) is 6. The van der Waals surface area contributed by atoms with Crippen LogP contribution in [0.4, 0.5) is 11.6 Å². The molecule has 30 heavy (non-hydrogen) atoms. The number of aliphatic hydroxyl groups excluding tert-OH is 1. The zero-order valence-electron chi connectivity index (χ0n) is 16.1. The number of nitrogen functional groups attached to an aromatic ring is 2. The maximum Gasteiger partial charge on any atom is 0.280 e. The highest BCUT2D eigenvalue weighted by atomic mass is 35.5. The number of hydrogen-bond donors (Lipinski definition) is 5. The van der Waals surface area contributed by atoms with Crippen LogP contribution in [0, 0.1) is 0 Å². The molecule has 13 heteroatoms. The molecule has 4 heterocycles. The van der Waals surface area contributed by atoms with E-state index in [4.69, 9.17) is 23.1 Å². The second-order valence-corrected chi connectivity index (χ2v) is 7.76. The molecule has 0 aliphatic carbocycles. The summed E-state index contributed by atoms with van der Waals surface area (Å²) in [5, 5.41) is 20.5. The lowest BCUT2D eigenvalue weighted by atomic mass is 9.88. The lowest BCUT2D eigenvalue weighted by Gasteiger charge is -2.41. The SMILES string of the molecule is Nc1nc(N)c(C(=O)NC2=NCC3(CCN(C(O)Cn4cccn4)CC3)N2)nc1Cl. The summed E-state index contributed by atoms with van der Waals surface area (Å²) in [5.74, 6) is -0.373. The molecule has 2 aliphatic rings. The normalized spacial score (nSPS) is 19.3. The van der Waals surface area contributed by atoms with Crippen molar-refractivity contribution in [3.05, 3.63) is 29.3 Å². The fourth-order valence-electron chi connectivity index (χ4n) is 3.63. The van der Waals surface area contributed by atoms with E-state index in [9.17, 15) is 9.90 Å². The molecule has 0 bridgehead atoms. The van der Waals surface area contributed by atoms with Crippen molar-refractivity contribution in [3.63, 3.8) is 0 Å². The number of piperidine rings is 1. The van der Waals surface area contributed by atoms with Gasteiger partial charge in [0.1, 0.15) is 6.23 Å². The first-order chi connectivity index (χ1) is 14.3. The van der Waals surface area contributed by atoms with Gasteiger partial charge in [0.2, 0.25) is 0 Å². The monoisotopic (exact) mass is 434 g/mol. The van der Waals surface area contributed by atoms with Crippen molar-refractivity contribution >= 4 is 35.1 Å². The van der Waals surface area contributed by atoms with E-state index >= 15 is 0 Å². The molecule has 4 rings (SSSR count). The minimum absolute atomic E-state index is 0.0393. The van der Waals surface area contributed by atoms with Crippen LogP contribution < -0.4 is 22.1 Å². The number of hydrogen-bond acceptors (Lipinski definition) is 10. The van der Waals surface area contributed by atoms with Crippen LogP contribution in [0.25, 0.3) is 0 Å². The molecule has 0 aromatic carbocycles. The van der Waals surface area contributed by atoms with Gasteiger partial charge in [0.15, 0.2) is 28.4 Å². The van der Waals surface area contributed by atoms with Crippen molar-refractivity contribution in [1.82, 2.24) is 35.3 Å². The van der Waals surface area contributed by atoms with Gasteiger partial charge in [-0.3, -0.25) is 24.7 Å². The first kappa shape index (κ1) is 20.3. The number of aliphatic hydroxyl groups is 1. The Labute approximate surface area is 177 Å². The largest absolute Gasteiger partial charge is 0.382 e. The average Bonchev–Trinajstić information content (AvgIpc) is 3.35. The van der Waals surface area contributed by atoms with Crippen LogP contribution in [0.3, 0.4) is 0 Å². The minimum Gasteiger partial charge on any atom is -0.382 e. The van der Waals surface area contributed by atoms with Crippen molar-refractivity contribution in [2.24, 2.45) is 4.99 Å². The van der Waals surface area contributed by atoms with Crippen molar-refractivity contribution in [1.29, 1.82) is 0 Å². The first-order valence-corrected chi connectivity index (χ1v) is 9.85. The lowest BCUT2D eigenvalue weighted by molar-refractivity contribution is -0.0330. The van der Waals surface area contributed by atoms with Gasteiger partial charge in [-0.2, -0.15) is 5.10 Å². The summed E-state index contributed by atoms with van der Waals surface area (Å²) >= 11 is 5.84. The van der Waals surface area contributed by atoms with Crippen molar-refractivity contribution in [2.75, 3.05) is 31.1 Å². The van der Waals surface area contributed by atoms with Crippen molar-refractivity contribution in [3.8, 4) is 0 Å². The van der Waals surface area contributed by atoms with Gasteiger partial charge < -0.3 is 21.9 Å². The fourth-order valence-corrected chi connectivity index (χ4v) is 3.76. The van der Waals surface area contributed by atoms with E-state index < -0.39 is 12.1 Å². The second kappa shape index (κ2) is 8.05. The van der Waals surface area contributed by atoms with Gasteiger partial charge in [-0.15, -0.1) is 0 Å². The van der Waals surface area contributed by atoms with Gasteiger partial charge >= 0.3 is 0 Å². The third kappa shape index (κ3) is 4.15. The standard InChI is InChI=1S/C17H23ClN10O2/c18-12-14(20)24-13(19)11(23-12)15(30)25-16-21-9-17(26-16)2-6-27(7-3-17)10(29)8-28-5-1-4-22-28/h1,4-5,10,29H,2-3,6-9H2,(H4,19,20,24)(H2,21,25,26,30). The topological polar surface area (TPSA) is 173 Å². The molecular weight excluding hydrogens is 412 g/mol. The summed E-state index contributed by atoms with van der Waals surface area (Å²) in [6.07, 6.45) is 4.43. The highest BCUT2D eigenvalue weighted by molar-refractivity contribution is 6.31. The Bertz CT molecular complexity index is 956. The minimum atomic E-state index is -0.611. The fraction of sp³-hybridized carbons (Fsp3) is 0.471. The predicted octanol–water partition coefficient (Wildman–Crippen LogP) is -0.967. The summed E-state index contributed by atoms with van der Waals surface area (Å²) in [6, 6.07) is 1.82. The molecule has 2 aliphatic heterocycles. The molecule has 160 valence electrons. The van der Waals surface area contributed by atoms with Crippen LogP contribution in [-0.2, 0) is 6.54 Å². The van der Waals surface area contributed by atoms with Gasteiger partial charge in [0, 0.05) is 25.5 Å². The molecule has 2 aromatic rings. The second-order valence-electron chi connectivity index (χ2n) is 7.40. The number of aromatic nitrogens is 4. The Morgan fingerprint density at radius 3 is 2.80 bits per heavy atom. The first-order valence-electron chi connectivity index (χ1n) is 9.47. The van der Waals surface area contributed by atoms with Crippen LogP contribution in [0.2, 0.25) is 5.15 Å². The molecule has 1 saturated heterocycles. The number of aliphatic imine (C=N–C) groups is 1. The molecule has 1 amide bonds. The maximum absolute atomic E-state index is 12.5. The number of halogens is 1.